The molecule has 0 aromatic heterocycles. The lowest BCUT2D eigenvalue weighted by molar-refractivity contribution is 0.688. The summed E-state index contributed by atoms with van der Waals surface area (Å²) in [6, 6.07) is 12.2. The van der Waals surface area contributed by atoms with Crippen molar-refractivity contribution >= 4 is 0 Å². The first kappa shape index (κ1) is 14.3. The van der Waals surface area contributed by atoms with Gasteiger partial charge in [-0.1, -0.05) is 41.5 Å². The Bertz CT molecular complexity index is 643. The van der Waals surface area contributed by atoms with Gasteiger partial charge in [0.25, 0.3) is 0 Å². The van der Waals surface area contributed by atoms with Gasteiger partial charge in [-0.25, -0.2) is 0 Å². The van der Waals surface area contributed by atoms with E-state index in [1.54, 1.807) is 0 Å². The second kappa shape index (κ2) is 5.65. The Morgan fingerprint density at radius 1 is 0.905 bits per heavy atom. The lowest BCUT2D eigenvalue weighted by atomic mass is 9.90. The molecule has 21 heavy (non-hydrogen) atoms. The first-order valence-electron chi connectivity index (χ1n) is 7.96. The van der Waals surface area contributed by atoms with Gasteiger partial charge in [0.1, 0.15) is 0 Å². The lowest BCUT2D eigenvalue weighted by Crippen LogP contribution is -2.16. The SMILES string of the molecule is Cc1cc(C)c(-c2cc(C)ccc2CNC2CC2)c(C)c1. The van der Waals surface area contributed by atoms with Gasteiger partial charge in [-0.3, -0.25) is 0 Å². The highest BCUT2D eigenvalue weighted by Crippen LogP contribution is 2.32. The van der Waals surface area contributed by atoms with Crippen LogP contribution in [0.2, 0.25) is 0 Å². The van der Waals surface area contributed by atoms with Crippen molar-refractivity contribution in [1.82, 2.24) is 5.32 Å². The van der Waals surface area contributed by atoms with Crippen LogP contribution in [-0.2, 0) is 6.54 Å². The van der Waals surface area contributed by atoms with Crippen LogP contribution in [0.15, 0.2) is 30.3 Å². The van der Waals surface area contributed by atoms with Crippen molar-refractivity contribution in [2.45, 2.75) is 53.1 Å². The van der Waals surface area contributed by atoms with E-state index in [2.05, 4.69) is 63.3 Å². The number of aryl methyl sites for hydroxylation is 4. The minimum atomic E-state index is 0.749. The quantitative estimate of drug-likeness (QED) is 0.844. The topological polar surface area (TPSA) is 12.0 Å². The Labute approximate surface area is 128 Å². The van der Waals surface area contributed by atoms with Crippen molar-refractivity contribution in [3.8, 4) is 11.1 Å². The van der Waals surface area contributed by atoms with Crippen LogP contribution in [-0.4, -0.2) is 6.04 Å². The molecule has 2 aromatic carbocycles. The van der Waals surface area contributed by atoms with E-state index in [-0.39, 0.29) is 0 Å². The van der Waals surface area contributed by atoms with Gasteiger partial charge >= 0.3 is 0 Å². The van der Waals surface area contributed by atoms with Crippen LogP contribution in [0.3, 0.4) is 0 Å². The van der Waals surface area contributed by atoms with Gasteiger partial charge in [0.2, 0.25) is 0 Å². The zero-order valence-electron chi connectivity index (χ0n) is 13.6. The molecule has 0 unspecified atom stereocenters. The number of rotatable bonds is 4. The fraction of sp³-hybridized carbons (Fsp3) is 0.400. The molecule has 1 nitrogen and oxygen atoms in total. The molecule has 0 spiro atoms. The highest BCUT2D eigenvalue weighted by atomic mass is 14.9. The predicted octanol–water partition coefficient (Wildman–Crippen LogP) is 4.84. The van der Waals surface area contributed by atoms with Crippen LogP contribution in [0.5, 0.6) is 0 Å². The highest BCUT2D eigenvalue weighted by Gasteiger charge is 2.21. The van der Waals surface area contributed by atoms with Gasteiger partial charge < -0.3 is 5.32 Å². The molecule has 0 saturated heterocycles. The first-order valence-corrected chi connectivity index (χ1v) is 7.96. The van der Waals surface area contributed by atoms with E-state index in [0.717, 1.165) is 12.6 Å². The Hall–Kier alpha value is -1.60. The molecule has 0 aliphatic heterocycles. The molecule has 110 valence electrons. The van der Waals surface area contributed by atoms with E-state index in [0.29, 0.717) is 0 Å². The third-order valence-electron chi connectivity index (χ3n) is 4.37. The van der Waals surface area contributed by atoms with E-state index in [1.165, 1.54) is 51.8 Å². The molecule has 1 saturated carbocycles. The van der Waals surface area contributed by atoms with Gasteiger partial charge in [-0.15, -0.1) is 0 Å². The van der Waals surface area contributed by atoms with E-state index in [1.807, 2.05) is 0 Å². The number of nitrogens with one attached hydrogen (secondary N) is 1. The Balaban J connectivity index is 2.05. The predicted molar refractivity (Wildman–Crippen MR) is 90.7 cm³/mol. The summed E-state index contributed by atoms with van der Waals surface area (Å²) in [4.78, 5) is 0. The van der Waals surface area contributed by atoms with E-state index < -0.39 is 0 Å². The molecule has 0 amide bonds. The van der Waals surface area contributed by atoms with E-state index in [9.17, 15) is 0 Å². The fourth-order valence-electron chi connectivity index (χ4n) is 3.22. The second-order valence-electron chi connectivity index (χ2n) is 6.59. The van der Waals surface area contributed by atoms with Gasteiger partial charge in [0.05, 0.1) is 0 Å². The number of hydrogen-bond acceptors (Lipinski definition) is 1. The van der Waals surface area contributed by atoms with Gasteiger partial charge in [-0.05, 0) is 68.4 Å². The third kappa shape index (κ3) is 3.19. The fourth-order valence-corrected chi connectivity index (χ4v) is 3.22. The maximum Gasteiger partial charge on any atom is 0.0214 e. The molecule has 1 aliphatic rings. The molecule has 1 heteroatoms. The van der Waals surface area contributed by atoms with Crippen LogP contribution in [0.1, 0.15) is 40.7 Å². The Kier molecular flexibility index (Phi) is 3.86. The summed E-state index contributed by atoms with van der Waals surface area (Å²) in [5, 5.41) is 3.65. The monoisotopic (exact) mass is 279 g/mol. The molecular formula is C20H25N. The molecule has 3 rings (SSSR count). The summed E-state index contributed by atoms with van der Waals surface area (Å²) in [7, 11) is 0. The first-order chi connectivity index (χ1) is 10.0. The average Bonchev–Trinajstić information content (AvgIpc) is 3.20. The average molecular weight is 279 g/mol. The normalized spacial score (nSPS) is 14.5. The van der Waals surface area contributed by atoms with Crippen LogP contribution in [0.4, 0.5) is 0 Å². The van der Waals surface area contributed by atoms with Crippen molar-refractivity contribution in [1.29, 1.82) is 0 Å². The van der Waals surface area contributed by atoms with Crippen LogP contribution < -0.4 is 5.32 Å². The number of hydrogen-bond donors (Lipinski definition) is 1. The van der Waals surface area contributed by atoms with Crippen molar-refractivity contribution in [2.75, 3.05) is 0 Å². The maximum atomic E-state index is 3.65. The smallest absolute Gasteiger partial charge is 0.0214 e. The Morgan fingerprint density at radius 2 is 1.57 bits per heavy atom. The largest absolute Gasteiger partial charge is 0.310 e. The second-order valence-corrected chi connectivity index (χ2v) is 6.59. The van der Waals surface area contributed by atoms with E-state index in [4.69, 9.17) is 0 Å². The summed E-state index contributed by atoms with van der Waals surface area (Å²) < 4.78 is 0. The standard InChI is InChI=1S/C20H25N/c1-13-5-6-17(12-21-18-7-8-18)19(11-13)20-15(3)9-14(2)10-16(20)4/h5-6,9-11,18,21H,7-8,12H2,1-4H3. The molecule has 0 atom stereocenters. The lowest BCUT2D eigenvalue weighted by Gasteiger charge is -2.17. The third-order valence-corrected chi connectivity index (χ3v) is 4.37. The molecule has 0 heterocycles. The van der Waals surface area contributed by atoms with Crippen molar-refractivity contribution in [3.63, 3.8) is 0 Å². The molecule has 2 aromatic rings. The van der Waals surface area contributed by atoms with Crippen molar-refractivity contribution in [2.24, 2.45) is 0 Å². The summed E-state index contributed by atoms with van der Waals surface area (Å²) in [5.74, 6) is 0. The Morgan fingerprint density at radius 3 is 2.19 bits per heavy atom. The summed E-state index contributed by atoms with van der Waals surface area (Å²) in [6.45, 7) is 9.80. The minimum Gasteiger partial charge on any atom is -0.310 e. The molecule has 0 radical (unpaired) electrons. The maximum absolute atomic E-state index is 3.65. The van der Waals surface area contributed by atoms with Gasteiger partial charge in [0, 0.05) is 12.6 Å². The van der Waals surface area contributed by atoms with Crippen LogP contribution >= 0.6 is 0 Å². The summed E-state index contributed by atoms with van der Waals surface area (Å²) in [5.41, 5.74) is 9.67. The van der Waals surface area contributed by atoms with Crippen molar-refractivity contribution in [3.05, 3.63) is 58.1 Å². The minimum absolute atomic E-state index is 0.749. The summed E-state index contributed by atoms with van der Waals surface area (Å²) >= 11 is 0. The van der Waals surface area contributed by atoms with Crippen molar-refractivity contribution < 1.29 is 0 Å². The zero-order valence-corrected chi connectivity index (χ0v) is 13.6. The molecule has 0 bridgehead atoms. The van der Waals surface area contributed by atoms with Gasteiger partial charge in [-0.2, -0.15) is 0 Å². The molecule has 1 aliphatic carbocycles. The highest BCUT2D eigenvalue weighted by molar-refractivity contribution is 5.74. The molecular weight excluding hydrogens is 254 g/mol. The summed E-state index contributed by atoms with van der Waals surface area (Å²) in [6.07, 6.45) is 2.67. The van der Waals surface area contributed by atoms with E-state index >= 15 is 0 Å². The molecule has 1 fully saturated rings. The zero-order chi connectivity index (χ0) is 15.0. The number of benzene rings is 2. The molecule has 1 N–H and O–H groups in total. The van der Waals surface area contributed by atoms with Crippen LogP contribution in [0, 0.1) is 27.7 Å². The van der Waals surface area contributed by atoms with Crippen LogP contribution in [0.25, 0.3) is 11.1 Å². The van der Waals surface area contributed by atoms with Gasteiger partial charge in [0.15, 0.2) is 0 Å².